The SMILES string of the molecule is COc1ccc(C(=O)NCC2CCN(CCNS(=O)(=O)C(F)(F)F)CC2)cc1OC. The number of methoxy groups -OCH3 is 2. The van der Waals surface area contributed by atoms with Crippen molar-refractivity contribution in [1.29, 1.82) is 0 Å². The molecule has 0 spiro atoms. The predicted octanol–water partition coefficient (Wildman–Crippen LogP) is 1.58. The Balaban J connectivity index is 1.73. The lowest BCUT2D eigenvalue weighted by atomic mass is 9.96. The first-order valence-corrected chi connectivity index (χ1v) is 10.8. The molecular weight excluding hydrogens is 427 g/mol. The second kappa shape index (κ2) is 10.3. The highest BCUT2D eigenvalue weighted by atomic mass is 32.2. The van der Waals surface area contributed by atoms with Crippen molar-refractivity contribution in [1.82, 2.24) is 14.9 Å². The van der Waals surface area contributed by atoms with Crippen LogP contribution in [0.15, 0.2) is 18.2 Å². The fourth-order valence-electron chi connectivity index (χ4n) is 3.15. The summed E-state index contributed by atoms with van der Waals surface area (Å²) in [5.41, 5.74) is -4.85. The van der Waals surface area contributed by atoms with E-state index in [9.17, 15) is 26.4 Å². The Morgan fingerprint density at radius 2 is 1.80 bits per heavy atom. The number of ether oxygens (including phenoxy) is 2. The van der Waals surface area contributed by atoms with Crippen molar-refractivity contribution in [2.24, 2.45) is 5.92 Å². The number of hydrogen-bond donors (Lipinski definition) is 2. The number of nitrogens with one attached hydrogen (secondary N) is 2. The Morgan fingerprint density at radius 3 is 2.37 bits per heavy atom. The standard InChI is InChI=1S/C18H26F3N3O5S/c1-28-15-4-3-14(11-16(15)29-2)17(25)22-12-13-5-8-24(9-6-13)10-7-23-30(26,27)18(19,20)21/h3-4,11,13,23H,5-10,12H2,1-2H3,(H,22,25). The second-order valence-electron chi connectivity index (χ2n) is 6.91. The number of likely N-dealkylation sites (tertiary alicyclic amines) is 1. The summed E-state index contributed by atoms with van der Waals surface area (Å²) in [6.45, 7) is 1.60. The van der Waals surface area contributed by atoms with Gasteiger partial charge in [0.15, 0.2) is 11.5 Å². The largest absolute Gasteiger partial charge is 0.511 e. The van der Waals surface area contributed by atoms with Crippen molar-refractivity contribution in [2.75, 3.05) is 46.9 Å². The number of rotatable bonds is 9. The molecule has 12 heteroatoms. The number of carbonyl (C=O) groups is 1. The van der Waals surface area contributed by atoms with E-state index in [-0.39, 0.29) is 24.9 Å². The molecule has 1 aromatic carbocycles. The minimum Gasteiger partial charge on any atom is -0.493 e. The molecule has 2 rings (SSSR count). The summed E-state index contributed by atoms with van der Waals surface area (Å²) >= 11 is 0. The first-order chi connectivity index (χ1) is 14.1. The summed E-state index contributed by atoms with van der Waals surface area (Å²) < 4.78 is 70.7. The first kappa shape index (κ1) is 24.2. The molecule has 1 saturated heterocycles. The molecular formula is C18H26F3N3O5S. The summed E-state index contributed by atoms with van der Waals surface area (Å²) in [5, 5.41) is 2.88. The molecule has 1 aliphatic rings. The molecule has 1 heterocycles. The molecule has 0 saturated carbocycles. The zero-order valence-electron chi connectivity index (χ0n) is 16.8. The molecule has 1 amide bonds. The van der Waals surface area contributed by atoms with Crippen LogP contribution in [0.2, 0.25) is 0 Å². The Kier molecular flexibility index (Phi) is 8.33. The van der Waals surface area contributed by atoms with Crippen LogP contribution in [0.1, 0.15) is 23.2 Å². The molecule has 0 bridgehead atoms. The van der Waals surface area contributed by atoms with Gasteiger partial charge in [0.25, 0.3) is 5.91 Å². The molecule has 1 aromatic rings. The van der Waals surface area contributed by atoms with Gasteiger partial charge in [-0.3, -0.25) is 4.79 Å². The number of alkyl halides is 3. The van der Waals surface area contributed by atoms with Gasteiger partial charge in [-0.15, -0.1) is 0 Å². The zero-order valence-corrected chi connectivity index (χ0v) is 17.6. The molecule has 0 aliphatic carbocycles. The number of piperidine rings is 1. The van der Waals surface area contributed by atoms with E-state index in [0.717, 1.165) is 12.8 Å². The van der Waals surface area contributed by atoms with Crippen molar-refractivity contribution < 1.29 is 35.9 Å². The van der Waals surface area contributed by atoms with Gasteiger partial charge in [0.2, 0.25) is 0 Å². The smallest absolute Gasteiger partial charge is 0.493 e. The number of nitrogens with zero attached hydrogens (tertiary/aromatic N) is 1. The average Bonchev–Trinajstić information content (AvgIpc) is 2.71. The van der Waals surface area contributed by atoms with Gasteiger partial charge < -0.3 is 19.7 Å². The third kappa shape index (κ3) is 6.47. The lowest BCUT2D eigenvalue weighted by Crippen LogP contribution is -2.44. The molecule has 0 unspecified atom stereocenters. The van der Waals surface area contributed by atoms with Crippen molar-refractivity contribution in [3.05, 3.63) is 23.8 Å². The van der Waals surface area contributed by atoms with Crippen molar-refractivity contribution >= 4 is 15.9 Å². The highest BCUT2D eigenvalue weighted by Crippen LogP contribution is 2.27. The zero-order chi connectivity index (χ0) is 22.4. The molecule has 0 atom stereocenters. The van der Waals surface area contributed by atoms with E-state index in [1.807, 2.05) is 4.90 Å². The number of amides is 1. The normalized spacial score (nSPS) is 16.3. The summed E-state index contributed by atoms with van der Waals surface area (Å²) in [4.78, 5) is 14.3. The van der Waals surface area contributed by atoms with Crippen LogP contribution < -0.4 is 19.5 Å². The van der Waals surface area contributed by atoms with Crippen LogP contribution in [-0.2, 0) is 10.0 Å². The fourth-order valence-corrected chi connectivity index (χ4v) is 3.67. The molecule has 0 aromatic heterocycles. The highest BCUT2D eigenvalue weighted by Gasteiger charge is 2.45. The van der Waals surface area contributed by atoms with Gasteiger partial charge in [-0.1, -0.05) is 0 Å². The minimum absolute atomic E-state index is 0.194. The predicted molar refractivity (Wildman–Crippen MR) is 104 cm³/mol. The van der Waals surface area contributed by atoms with Crippen LogP contribution in [-0.4, -0.2) is 71.7 Å². The van der Waals surface area contributed by atoms with Crippen molar-refractivity contribution in [2.45, 2.75) is 18.3 Å². The summed E-state index contributed by atoms with van der Waals surface area (Å²) in [7, 11) is -2.31. The minimum atomic E-state index is -5.30. The Hall–Kier alpha value is -2.05. The lowest BCUT2D eigenvalue weighted by molar-refractivity contribution is -0.0448. The summed E-state index contributed by atoms with van der Waals surface area (Å²) in [6.07, 6.45) is 1.50. The lowest BCUT2D eigenvalue weighted by Gasteiger charge is -2.32. The quantitative estimate of drug-likeness (QED) is 0.590. The third-order valence-electron chi connectivity index (χ3n) is 4.93. The average molecular weight is 453 g/mol. The van der Waals surface area contributed by atoms with Crippen LogP contribution in [0.4, 0.5) is 13.2 Å². The van der Waals surface area contributed by atoms with E-state index in [1.165, 1.54) is 14.2 Å². The molecule has 1 aliphatic heterocycles. The van der Waals surface area contributed by atoms with Crippen LogP contribution in [0, 0.1) is 5.92 Å². The van der Waals surface area contributed by atoms with Gasteiger partial charge in [0, 0.05) is 25.2 Å². The maximum absolute atomic E-state index is 12.4. The van der Waals surface area contributed by atoms with Crippen molar-refractivity contribution in [3.63, 3.8) is 0 Å². The number of carbonyl (C=O) groups excluding carboxylic acids is 1. The molecule has 1 fully saturated rings. The maximum Gasteiger partial charge on any atom is 0.511 e. The molecule has 2 N–H and O–H groups in total. The Morgan fingerprint density at radius 1 is 1.17 bits per heavy atom. The molecule has 30 heavy (non-hydrogen) atoms. The second-order valence-corrected chi connectivity index (χ2v) is 8.67. The van der Waals surface area contributed by atoms with Gasteiger partial charge in [-0.2, -0.15) is 13.2 Å². The van der Waals surface area contributed by atoms with E-state index in [0.29, 0.717) is 36.7 Å². The van der Waals surface area contributed by atoms with Crippen molar-refractivity contribution in [3.8, 4) is 11.5 Å². The van der Waals surface area contributed by atoms with Crippen LogP contribution >= 0.6 is 0 Å². The van der Waals surface area contributed by atoms with E-state index < -0.39 is 15.5 Å². The molecule has 170 valence electrons. The van der Waals surface area contributed by atoms with E-state index >= 15 is 0 Å². The number of hydrogen-bond acceptors (Lipinski definition) is 6. The molecule has 0 radical (unpaired) electrons. The Labute approximate surface area is 173 Å². The van der Waals surface area contributed by atoms with Gasteiger partial charge >= 0.3 is 15.5 Å². The van der Waals surface area contributed by atoms with Gasteiger partial charge in [0.05, 0.1) is 14.2 Å². The summed E-state index contributed by atoms with van der Waals surface area (Å²) in [6, 6.07) is 4.89. The monoisotopic (exact) mass is 453 g/mol. The van der Waals surface area contributed by atoms with Gasteiger partial charge in [-0.05, 0) is 50.0 Å². The number of sulfonamides is 1. The summed E-state index contributed by atoms with van der Waals surface area (Å²) in [5.74, 6) is 0.982. The Bertz CT molecular complexity index is 825. The van der Waals surface area contributed by atoms with E-state index in [2.05, 4.69) is 5.32 Å². The van der Waals surface area contributed by atoms with Gasteiger partial charge in [0.1, 0.15) is 0 Å². The number of halogens is 3. The van der Waals surface area contributed by atoms with Crippen LogP contribution in [0.25, 0.3) is 0 Å². The van der Waals surface area contributed by atoms with E-state index in [4.69, 9.17) is 9.47 Å². The third-order valence-corrected chi connectivity index (χ3v) is 6.12. The first-order valence-electron chi connectivity index (χ1n) is 9.36. The maximum atomic E-state index is 12.4. The van der Waals surface area contributed by atoms with E-state index in [1.54, 1.807) is 22.9 Å². The van der Waals surface area contributed by atoms with Gasteiger partial charge in [-0.25, -0.2) is 13.1 Å². The van der Waals surface area contributed by atoms with Crippen LogP contribution in [0.5, 0.6) is 11.5 Å². The van der Waals surface area contributed by atoms with Crippen LogP contribution in [0.3, 0.4) is 0 Å². The topological polar surface area (TPSA) is 97.0 Å². The fraction of sp³-hybridized carbons (Fsp3) is 0.611. The highest BCUT2D eigenvalue weighted by molar-refractivity contribution is 7.90. The number of benzene rings is 1. The molecule has 8 nitrogen and oxygen atoms in total.